The second kappa shape index (κ2) is 7.74. The number of aromatic nitrogens is 1. The molecule has 0 radical (unpaired) electrons. The summed E-state index contributed by atoms with van der Waals surface area (Å²) in [7, 11) is 0. The second-order valence-corrected chi connectivity index (χ2v) is 5.03. The van der Waals surface area contributed by atoms with E-state index in [4.69, 9.17) is 10.9 Å². The zero-order valence-electron chi connectivity index (χ0n) is 11.9. The number of amidine groups is 1. The van der Waals surface area contributed by atoms with E-state index in [1.54, 1.807) is 6.20 Å². The van der Waals surface area contributed by atoms with Gasteiger partial charge in [0.1, 0.15) is 5.69 Å². The fourth-order valence-electron chi connectivity index (χ4n) is 2.00. The van der Waals surface area contributed by atoms with Gasteiger partial charge in [-0.1, -0.05) is 31.5 Å². The van der Waals surface area contributed by atoms with Crippen LogP contribution in [0.5, 0.6) is 0 Å². The normalized spacial score (nSPS) is 15.2. The third-order valence-electron chi connectivity index (χ3n) is 3.34. The molecule has 0 fully saturated rings. The Kier molecular flexibility index (Phi) is 6.29. The first-order valence-electron chi connectivity index (χ1n) is 6.73. The largest absolute Gasteiger partial charge is 0.409 e. The van der Waals surface area contributed by atoms with E-state index >= 15 is 0 Å². The van der Waals surface area contributed by atoms with Crippen molar-refractivity contribution in [3.8, 4) is 0 Å². The van der Waals surface area contributed by atoms with Gasteiger partial charge in [-0.05, 0) is 30.9 Å². The van der Waals surface area contributed by atoms with Crippen LogP contribution in [-0.4, -0.2) is 22.1 Å². The smallest absolute Gasteiger partial charge is 0.189 e. The number of nitrogens with zero attached hydrogens (tertiary/aromatic N) is 2. The predicted molar refractivity (Wildman–Crippen MR) is 77.1 cm³/mol. The molecular formula is C14H24N4O. The van der Waals surface area contributed by atoms with E-state index in [0.29, 0.717) is 24.2 Å². The van der Waals surface area contributed by atoms with Crippen LogP contribution in [0.15, 0.2) is 23.5 Å². The molecule has 2 unspecified atom stereocenters. The molecule has 2 atom stereocenters. The Morgan fingerprint density at radius 1 is 1.53 bits per heavy atom. The molecule has 5 nitrogen and oxygen atoms in total. The van der Waals surface area contributed by atoms with E-state index < -0.39 is 0 Å². The Balaban J connectivity index is 2.63. The molecule has 1 aromatic rings. The Labute approximate surface area is 114 Å². The third kappa shape index (κ3) is 4.87. The Hall–Kier alpha value is -1.62. The lowest BCUT2D eigenvalue weighted by Gasteiger charge is -2.18. The SMILES string of the molecule is CCC(C)CC(C)NCc1cccnc1C(N)=NO. The van der Waals surface area contributed by atoms with Crippen molar-refractivity contribution in [3.63, 3.8) is 0 Å². The maximum atomic E-state index is 8.74. The van der Waals surface area contributed by atoms with Gasteiger partial charge in [-0.15, -0.1) is 0 Å². The summed E-state index contributed by atoms with van der Waals surface area (Å²) in [5.74, 6) is 0.756. The van der Waals surface area contributed by atoms with Crippen molar-refractivity contribution in [1.82, 2.24) is 10.3 Å². The van der Waals surface area contributed by atoms with Gasteiger partial charge in [0.25, 0.3) is 0 Å². The van der Waals surface area contributed by atoms with Gasteiger partial charge in [0.05, 0.1) is 0 Å². The van der Waals surface area contributed by atoms with Crippen LogP contribution in [0.25, 0.3) is 0 Å². The van der Waals surface area contributed by atoms with Crippen molar-refractivity contribution in [1.29, 1.82) is 0 Å². The topological polar surface area (TPSA) is 83.5 Å². The maximum Gasteiger partial charge on any atom is 0.189 e. The molecule has 0 aliphatic heterocycles. The summed E-state index contributed by atoms with van der Waals surface area (Å²) in [6, 6.07) is 4.21. The van der Waals surface area contributed by atoms with E-state index in [-0.39, 0.29) is 5.84 Å². The summed E-state index contributed by atoms with van der Waals surface area (Å²) in [6.07, 6.45) is 3.96. The van der Waals surface area contributed by atoms with Crippen molar-refractivity contribution in [2.45, 2.75) is 46.2 Å². The Morgan fingerprint density at radius 2 is 2.26 bits per heavy atom. The first-order chi connectivity index (χ1) is 9.08. The zero-order valence-corrected chi connectivity index (χ0v) is 11.9. The third-order valence-corrected chi connectivity index (χ3v) is 3.34. The van der Waals surface area contributed by atoms with E-state index in [2.05, 4.69) is 36.2 Å². The molecule has 0 amide bonds. The van der Waals surface area contributed by atoms with Crippen molar-refractivity contribution in [2.75, 3.05) is 0 Å². The summed E-state index contributed by atoms with van der Waals surface area (Å²) in [4.78, 5) is 4.15. The number of hydrogen-bond donors (Lipinski definition) is 3. The molecule has 0 aromatic carbocycles. The second-order valence-electron chi connectivity index (χ2n) is 5.03. The molecule has 1 rings (SSSR count). The number of oxime groups is 1. The lowest BCUT2D eigenvalue weighted by molar-refractivity contribution is 0.318. The van der Waals surface area contributed by atoms with Gasteiger partial charge in [0.2, 0.25) is 0 Å². The first kappa shape index (κ1) is 15.4. The van der Waals surface area contributed by atoms with Gasteiger partial charge in [-0.2, -0.15) is 0 Å². The average Bonchev–Trinajstić information content (AvgIpc) is 2.44. The Bertz CT molecular complexity index is 420. The molecule has 5 heteroatoms. The highest BCUT2D eigenvalue weighted by Gasteiger charge is 2.10. The van der Waals surface area contributed by atoms with Gasteiger partial charge < -0.3 is 16.3 Å². The van der Waals surface area contributed by atoms with Crippen LogP contribution < -0.4 is 11.1 Å². The number of rotatable bonds is 7. The number of hydrogen-bond acceptors (Lipinski definition) is 4. The first-order valence-corrected chi connectivity index (χ1v) is 6.73. The molecule has 1 aromatic heterocycles. The van der Waals surface area contributed by atoms with E-state index in [9.17, 15) is 0 Å². The van der Waals surface area contributed by atoms with Crippen LogP contribution in [0.2, 0.25) is 0 Å². The van der Waals surface area contributed by atoms with E-state index in [0.717, 1.165) is 12.0 Å². The maximum absolute atomic E-state index is 8.74. The summed E-state index contributed by atoms with van der Waals surface area (Å²) >= 11 is 0. The van der Waals surface area contributed by atoms with Crippen LogP contribution in [0.4, 0.5) is 0 Å². The molecule has 0 saturated carbocycles. The fraction of sp³-hybridized carbons (Fsp3) is 0.571. The highest BCUT2D eigenvalue weighted by atomic mass is 16.4. The van der Waals surface area contributed by atoms with Gasteiger partial charge >= 0.3 is 0 Å². The van der Waals surface area contributed by atoms with Gasteiger partial charge in [0.15, 0.2) is 5.84 Å². The molecule has 0 aliphatic rings. The molecule has 1 heterocycles. The molecule has 0 saturated heterocycles. The van der Waals surface area contributed by atoms with Gasteiger partial charge in [-0.3, -0.25) is 4.98 Å². The minimum absolute atomic E-state index is 0.0481. The van der Waals surface area contributed by atoms with Crippen LogP contribution >= 0.6 is 0 Å². The monoisotopic (exact) mass is 264 g/mol. The van der Waals surface area contributed by atoms with E-state index in [1.807, 2.05) is 12.1 Å². The predicted octanol–water partition coefficient (Wildman–Crippen LogP) is 2.09. The van der Waals surface area contributed by atoms with Gasteiger partial charge in [-0.25, -0.2) is 0 Å². The minimum Gasteiger partial charge on any atom is -0.409 e. The quantitative estimate of drug-likeness (QED) is 0.305. The molecule has 19 heavy (non-hydrogen) atoms. The fourth-order valence-corrected chi connectivity index (χ4v) is 2.00. The summed E-state index contributed by atoms with van der Waals surface area (Å²) in [5.41, 5.74) is 7.09. The van der Waals surface area contributed by atoms with Crippen molar-refractivity contribution >= 4 is 5.84 Å². The molecule has 0 bridgehead atoms. The highest BCUT2D eigenvalue weighted by molar-refractivity contribution is 5.96. The Morgan fingerprint density at radius 3 is 2.89 bits per heavy atom. The number of nitrogens with two attached hydrogens (primary N) is 1. The van der Waals surface area contributed by atoms with Crippen LogP contribution in [-0.2, 0) is 6.54 Å². The highest BCUT2D eigenvalue weighted by Crippen LogP contribution is 2.11. The van der Waals surface area contributed by atoms with Crippen molar-refractivity contribution in [3.05, 3.63) is 29.6 Å². The van der Waals surface area contributed by atoms with Crippen molar-refractivity contribution in [2.24, 2.45) is 16.8 Å². The standard InChI is InChI=1S/C14H24N4O/c1-4-10(2)8-11(3)17-9-12-6-5-7-16-13(12)14(15)18-19/h5-7,10-11,17,19H,4,8-9H2,1-3H3,(H2,15,18). The van der Waals surface area contributed by atoms with Crippen LogP contribution in [0, 0.1) is 5.92 Å². The summed E-state index contributed by atoms with van der Waals surface area (Å²) in [6.45, 7) is 7.29. The van der Waals surface area contributed by atoms with Crippen LogP contribution in [0.3, 0.4) is 0 Å². The minimum atomic E-state index is 0.0481. The lowest BCUT2D eigenvalue weighted by Crippen LogP contribution is -2.29. The summed E-state index contributed by atoms with van der Waals surface area (Å²) < 4.78 is 0. The molecule has 106 valence electrons. The molecule has 0 spiro atoms. The molecule has 4 N–H and O–H groups in total. The number of pyridine rings is 1. The molecular weight excluding hydrogens is 240 g/mol. The lowest BCUT2D eigenvalue weighted by atomic mass is 10.00. The molecule has 0 aliphatic carbocycles. The van der Waals surface area contributed by atoms with E-state index in [1.165, 1.54) is 6.42 Å². The van der Waals surface area contributed by atoms with Gasteiger partial charge in [0, 0.05) is 18.8 Å². The summed E-state index contributed by atoms with van der Waals surface area (Å²) in [5, 5.41) is 15.2. The van der Waals surface area contributed by atoms with Crippen LogP contribution in [0.1, 0.15) is 44.9 Å². The van der Waals surface area contributed by atoms with Crippen molar-refractivity contribution < 1.29 is 5.21 Å². The average molecular weight is 264 g/mol. The number of nitrogens with one attached hydrogen (secondary N) is 1. The zero-order chi connectivity index (χ0) is 14.3.